The van der Waals surface area contributed by atoms with Crippen LogP contribution in [0.5, 0.6) is 0 Å². The van der Waals surface area contributed by atoms with Gasteiger partial charge < -0.3 is 4.42 Å². The first-order chi connectivity index (χ1) is 14.0. The van der Waals surface area contributed by atoms with Crippen LogP contribution in [-0.2, 0) is 4.79 Å². The molecule has 8 nitrogen and oxygen atoms in total. The van der Waals surface area contributed by atoms with Crippen molar-refractivity contribution in [1.29, 1.82) is 0 Å². The summed E-state index contributed by atoms with van der Waals surface area (Å²) in [5, 5.41) is 16.5. The number of carbonyl (C=O) groups is 1. The van der Waals surface area contributed by atoms with E-state index in [1.54, 1.807) is 6.07 Å². The van der Waals surface area contributed by atoms with Crippen molar-refractivity contribution in [2.75, 3.05) is 5.01 Å². The molecular weight excluding hydrogens is 399 g/mol. The summed E-state index contributed by atoms with van der Waals surface area (Å²) >= 11 is 1.16. The molecule has 150 valence electrons. The van der Waals surface area contributed by atoms with Gasteiger partial charge in [-0.1, -0.05) is 30.6 Å². The molecule has 3 aromatic rings. The molecule has 1 saturated carbocycles. The van der Waals surface area contributed by atoms with Gasteiger partial charge >= 0.3 is 5.88 Å². The second-order valence-electron chi connectivity index (χ2n) is 6.77. The maximum absolute atomic E-state index is 13.5. The van der Waals surface area contributed by atoms with E-state index in [0.717, 1.165) is 43.4 Å². The van der Waals surface area contributed by atoms with Crippen LogP contribution in [0.15, 0.2) is 39.9 Å². The fourth-order valence-electron chi connectivity index (χ4n) is 3.32. The lowest BCUT2D eigenvalue weighted by molar-refractivity contribution is -0.402. The van der Waals surface area contributed by atoms with Crippen LogP contribution >= 0.6 is 11.3 Å². The van der Waals surface area contributed by atoms with Gasteiger partial charge in [0.15, 0.2) is 5.76 Å². The molecule has 0 saturated heterocycles. The Morgan fingerprint density at radius 3 is 2.83 bits per heavy atom. The summed E-state index contributed by atoms with van der Waals surface area (Å²) < 4.78 is 19.2. The van der Waals surface area contributed by atoms with E-state index in [2.05, 4.69) is 10.1 Å². The molecule has 1 aliphatic carbocycles. The number of anilines is 1. The van der Waals surface area contributed by atoms with Crippen LogP contribution in [-0.4, -0.2) is 22.0 Å². The van der Waals surface area contributed by atoms with Gasteiger partial charge in [-0.3, -0.25) is 14.9 Å². The lowest BCUT2D eigenvalue weighted by Gasteiger charge is -2.24. The second-order valence-corrected chi connectivity index (χ2v) is 7.78. The number of fused-ring (bicyclic) bond motifs is 1. The van der Waals surface area contributed by atoms with Gasteiger partial charge in [0, 0.05) is 5.92 Å². The molecule has 1 amide bonds. The molecule has 29 heavy (non-hydrogen) atoms. The maximum Gasteiger partial charge on any atom is 0.433 e. The van der Waals surface area contributed by atoms with Crippen LogP contribution in [0.4, 0.5) is 15.4 Å². The van der Waals surface area contributed by atoms with E-state index in [-0.39, 0.29) is 23.4 Å². The first-order valence-corrected chi connectivity index (χ1v) is 10.0. The van der Waals surface area contributed by atoms with Gasteiger partial charge in [0.2, 0.25) is 5.13 Å². The Labute approximate surface area is 168 Å². The number of halogens is 1. The van der Waals surface area contributed by atoms with Crippen LogP contribution in [0.2, 0.25) is 0 Å². The van der Waals surface area contributed by atoms with E-state index < -0.39 is 10.8 Å². The highest BCUT2D eigenvalue weighted by Crippen LogP contribution is 2.33. The standard InChI is InChI=1S/C19H17FN4O4S/c20-13-6-8-15-16(10-13)29-19(22-15)23(18(25)12-4-2-1-3-5-12)21-11-14-7-9-17(28-14)24(26)27/h6-12H,1-5H2. The fourth-order valence-corrected chi connectivity index (χ4v) is 4.28. The van der Waals surface area contributed by atoms with Crippen molar-refractivity contribution in [2.24, 2.45) is 11.0 Å². The summed E-state index contributed by atoms with van der Waals surface area (Å²) in [5.74, 6) is -1.02. The summed E-state index contributed by atoms with van der Waals surface area (Å²) in [7, 11) is 0. The molecule has 0 N–H and O–H groups in total. The Kier molecular flexibility index (Phi) is 5.34. The Hall–Kier alpha value is -3.14. The Morgan fingerprint density at radius 1 is 1.31 bits per heavy atom. The Balaban J connectivity index is 1.68. The molecule has 1 aliphatic rings. The van der Waals surface area contributed by atoms with Crippen LogP contribution in [0, 0.1) is 21.8 Å². The molecule has 1 aromatic carbocycles. The van der Waals surface area contributed by atoms with Crippen molar-refractivity contribution >= 4 is 44.7 Å². The molecule has 0 unspecified atom stereocenters. The third kappa shape index (κ3) is 4.16. The van der Waals surface area contributed by atoms with Crippen LogP contribution in [0.3, 0.4) is 0 Å². The minimum absolute atomic E-state index is 0.144. The Morgan fingerprint density at radius 2 is 2.10 bits per heavy atom. The average Bonchev–Trinajstić information content (AvgIpc) is 3.35. The summed E-state index contributed by atoms with van der Waals surface area (Å²) in [5.41, 5.74) is 0.566. The second kappa shape index (κ2) is 8.08. The number of benzene rings is 1. The van der Waals surface area contributed by atoms with E-state index in [0.29, 0.717) is 15.3 Å². The third-order valence-electron chi connectivity index (χ3n) is 4.78. The summed E-state index contributed by atoms with van der Waals surface area (Å²) in [6.45, 7) is 0. The van der Waals surface area contributed by atoms with Crippen LogP contribution in [0.1, 0.15) is 37.9 Å². The number of hydrogen-bond acceptors (Lipinski definition) is 7. The number of furan rings is 1. The average molecular weight is 416 g/mol. The number of rotatable bonds is 5. The monoisotopic (exact) mass is 416 g/mol. The smallest absolute Gasteiger partial charge is 0.400 e. The van der Waals surface area contributed by atoms with Gasteiger partial charge in [-0.25, -0.2) is 9.37 Å². The topological polar surface area (TPSA) is 102 Å². The predicted molar refractivity (Wildman–Crippen MR) is 107 cm³/mol. The zero-order valence-electron chi connectivity index (χ0n) is 15.3. The largest absolute Gasteiger partial charge is 0.433 e. The molecule has 0 atom stereocenters. The van der Waals surface area contributed by atoms with Crippen molar-refractivity contribution in [3.8, 4) is 0 Å². The van der Waals surface area contributed by atoms with Crippen molar-refractivity contribution in [3.05, 3.63) is 52.0 Å². The van der Waals surface area contributed by atoms with E-state index in [4.69, 9.17) is 4.42 Å². The zero-order chi connectivity index (χ0) is 20.4. The van der Waals surface area contributed by atoms with Crippen molar-refractivity contribution in [2.45, 2.75) is 32.1 Å². The summed E-state index contributed by atoms with van der Waals surface area (Å²) in [6.07, 6.45) is 5.85. The molecule has 2 aromatic heterocycles. The van der Waals surface area contributed by atoms with E-state index >= 15 is 0 Å². The number of hydrazone groups is 1. The van der Waals surface area contributed by atoms with Gasteiger partial charge in [-0.15, -0.1) is 0 Å². The van der Waals surface area contributed by atoms with E-state index in [1.807, 2.05) is 0 Å². The SMILES string of the molecule is O=C(C1CCCCC1)N(N=Cc1ccc([N+](=O)[O-])o1)c1nc2ccc(F)cc2s1. The predicted octanol–water partition coefficient (Wildman–Crippen LogP) is 4.88. The molecule has 2 heterocycles. The molecule has 0 spiro atoms. The molecule has 0 radical (unpaired) electrons. The zero-order valence-corrected chi connectivity index (χ0v) is 16.1. The molecule has 10 heteroatoms. The molecule has 0 aliphatic heterocycles. The van der Waals surface area contributed by atoms with Gasteiger partial charge in [-0.05, 0) is 37.1 Å². The maximum atomic E-state index is 13.5. The number of amides is 1. The van der Waals surface area contributed by atoms with Crippen molar-refractivity contribution in [1.82, 2.24) is 4.98 Å². The number of hydrogen-bond donors (Lipinski definition) is 0. The molecule has 4 rings (SSSR count). The van der Waals surface area contributed by atoms with E-state index in [9.17, 15) is 19.3 Å². The van der Waals surface area contributed by atoms with E-state index in [1.165, 1.54) is 35.5 Å². The first kappa shape index (κ1) is 19.2. The fraction of sp³-hybridized carbons (Fsp3) is 0.316. The third-order valence-corrected chi connectivity index (χ3v) is 5.77. The number of carbonyl (C=O) groups excluding carboxylic acids is 1. The Bertz CT molecular complexity index is 1090. The van der Waals surface area contributed by atoms with Crippen LogP contribution in [0.25, 0.3) is 10.2 Å². The quantitative estimate of drug-likeness (QED) is 0.335. The normalized spacial score (nSPS) is 15.2. The molecule has 1 fully saturated rings. The summed E-state index contributed by atoms with van der Waals surface area (Å²) in [6, 6.07) is 6.84. The van der Waals surface area contributed by atoms with Gasteiger partial charge in [0.1, 0.15) is 10.7 Å². The highest BCUT2D eigenvalue weighted by atomic mass is 32.1. The van der Waals surface area contributed by atoms with Crippen LogP contribution < -0.4 is 5.01 Å². The minimum Gasteiger partial charge on any atom is -0.400 e. The number of thiazole rings is 1. The number of aromatic nitrogens is 1. The molecular formula is C19H17FN4O4S. The van der Waals surface area contributed by atoms with Crippen molar-refractivity contribution < 1.29 is 18.5 Å². The highest BCUT2D eigenvalue weighted by molar-refractivity contribution is 7.22. The lowest BCUT2D eigenvalue weighted by atomic mass is 9.88. The first-order valence-electron chi connectivity index (χ1n) is 9.19. The molecule has 0 bridgehead atoms. The lowest BCUT2D eigenvalue weighted by Crippen LogP contribution is -2.33. The van der Waals surface area contributed by atoms with Gasteiger partial charge in [0.05, 0.1) is 22.5 Å². The minimum atomic E-state index is -0.648. The summed E-state index contributed by atoms with van der Waals surface area (Å²) in [4.78, 5) is 27.7. The van der Waals surface area contributed by atoms with Gasteiger partial charge in [-0.2, -0.15) is 10.1 Å². The highest BCUT2D eigenvalue weighted by Gasteiger charge is 2.29. The van der Waals surface area contributed by atoms with Crippen molar-refractivity contribution in [3.63, 3.8) is 0 Å². The number of nitro groups is 1. The van der Waals surface area contributed by atoms with Gasteiger partial charge in [0.25, 0.3) is 5.91 Å². The number of nitrogens with zero attached hydrogens (tertiary/aromatic N) is 4.